The fraction of sp³-hybridized carbons (Fsp3) is 0.750. The van der Waals surface area contributed by atoms with Crippen molar-refractivity contribution >= 4 is 21.7 Å². The lowest BCUT2D eigenvalue weighted by molar-refractivity contribution is -0.132. The van der Waals surface area contributed by atoms with E-state index in [1.165, 1.54) is 20.8 Å². The van der Waals surface area contributed by atoms with E-state index < -0.39 is 20.7 Å². The van der Waals surface area contributed by atoms with Gasteiger partial charge in [-0.1, -0.05) is 0 Å². The molecule has 0 unspecified atom stereocenters. The van der Waals surface area contributed by atoms with E-state index in [2.05, 4.69) is 0 Å². The zero-order valence-corrected chi connectivity index (χ0v) is 9.22. The number of hydrogen-bond acceptors (Lipinski definition) is 4. The largest absolute Gasteiger partial charge is 0.300 e. The van der Waals surface area contributed by atoms with E-state index in [1.807, 2.05) is 0 Å². The lowest BCUT2D eigenvalue weighted by Crippen LogP contribution is -2.67. The van der Waals surface area contributed by atoms with E-state index >= 15 is 0 Å². The van der Waals surface area contributed by atoms with Gasteiger partial charge in [0, 0.05) is 13.0 Å². The van der Waals surface area contributed by atoms with Gasteiger partial charge in [-0.15, -0.1) is 0 Å². The van der Waals surface area contributed by atoms with Crippen LogP contribution in [0, 0.1) is 0 Å². The molecule has 0 atom stereocenters. The minimum atomic E-state index is -3.51. The summed E-state index contributed by atoms with van der Waals surface area (Å²) in [7, 11) is -3.51. The van der Waals surface area contributed by atoms with Gasteiger partial charge >= 0.3 is 0 Å². The second-order valence-electron chi connectivity index (χ2n) is 3.84. The molecule has 0 aliphatic carbocycles. The molecule has 0 radical (unpaired) electrons. The molecular weight excluding hydrogens is 206 g/mol. The summed E-state index contributed by atoms with van der Waals surface area (Å²) in [5.74, 6) is -0.559. The summed E-state index contributed by atoms with van der Waals surface area (Å²) in [5.41, 5.74) is 0. The molecule has 6 heteroatoms. The zero-order valence-electron chi connectivity index (χ0n) is 8.40. The fourth-order valence-electron chi connectivity index (χ4n) is 1.24. The van der Waals surface area contributed by atoms with Crippen LogP contribution in [0.3, 0.4) is 0 Å². The topological polar surface area (TPSA) is 71.5 Å². The Morgan fingerprint density at radius 2 is 1.93 bits per heavy atom. The summed E-state index contributed by atoms with van der Waals surface area (Å²) in [6.45, 7) is 4.08. The molecule has 0 aromatic rings. The predicted octanol–water partition coefficient (Wildman–Crippen LogP) is -0.0839. The van der Waals surface area contributed by atoms with Gasteiger partial charge in [0.1, 0.15) is 5.78 Å². The van der Waals surface area contributed by atoms with E-state index in [9.17, 15) is 18.0 Å². The molecule has 1 saturated heterocycles. The van der Waals surface area contributed by atoms with Crippen LogP contribution in [-0.2, 0) is 19.6 Å². The summed E-state index contributed by atoms with van der Waals surface area (Å²) in [6, 6.07) is 0. The normalized spacial score (nSPS) is 23.1. The van der Waals surface area contributed by atoms with Crippen LogP contribution in [0.1, 0.15) is 27.2 Å². The first-order chi connectivity index (χ1) is 6.21. The molecule has 5 nitrogen and oxygen atoms in total. The van der Waals surface area contributed by atoms with Gasteiger partial charge in [0.2, 0.25) is 0 Å². The van der Waals surface area contributed by atoms with E-state index in [0.29, 0.717) is 0 Å². The van der Waals surface area contributed by atoms with Gasteiger partial charge in [-0.05, 0) is 20.8 Å². The molecule has 0 saturated carbocycles. The van der Waals surface area contributed by atoms with Crippen LogP contribution in [0.25, 0.3) is 0 Å². The number of sulfonamides is 1. The van der Waals surface area contributed by atoms with Gasteiger partial charge in [0.15, 0.2) is 4.75 Å². The number of carbonyl (C=O) groups is 2. The number of amides is 1. The molecule has 0 aromatic carbocycles. The molecule has 1 fully saturated rings. The molecular formula is C8H13NO4S. The smallest absolute Gasteiger partial charge is 0.258 e. The monoisotopic (exact) mass is 219 g/mol. The first-order valence-corrected chi connectivity index (χ1v) is 5.71. The average Bonchev–Trinajstić information content (AvgIpc) is 2.02. The highest BCUT2D eigenvalue weighted by atomic mass is 32.2. The molecule has 1 amide bonds. The Morgan fingerprint density at radius 1 is 1.43 bits per heavy atom. The summed E-state index contributed by atoms with van der Waals surface area (Å²) < 4.78 is 22.4. The molecule has 1 heterocycles. The van der Waals surface area contributed by atoms with Crippen LogP contribution in [0.2, 0.25) is 0 Å². The van der Waals surface area contributed by atoms with Gasteiger partial charge < -0.3 is 0 Å². The maximum Gasteiger partial charge on any atom is 0.258 e. The zero-order chi connectivity index (χ0) is 11.1. The standard InChI is InChI=1S/C8H13NO4S/c1-6(10)4-5-9-7(11)8(2,3)14(9,12)13/h4-5H2,1-3H3. The Morgan fingerprint density at radius 3 is 2.29 bits per heavy atom. The first kappa shape index (κ1) is 11.2. The molecule has 0 N–H and O–H groups in total. The third kappa shape index (κ3) is 1.33. The van der Waals surface area contributed by atoms with Crippen LogP contribution in [0.15, 0.2) is 0 Å². The Kier molecular flexibility index (Phi) is 2.43. The lowest BCUT2D eigenvalue weighted by Gasteiger charge is -2.42. The van der Waals surface area contributed by atoms with Crippen molar-refractivity contribution in [2.75, 3.05) is 6.54 Å². The molecule has 14 heavy (non-hydrogen) atoms. The summed E-state index contributed by atoms with van der Waals surface area (Å²) in [5, 5.41) is 0. The van der Waals surface area contributed by atoms with E-state index in [0.717, 1.165) is 4.31 Å². The number of rotatable bonds is 3. The summed E-state index contributed by atoms with van der Waals surface area (Å²) in [4.78, 5) is 22.0. The Bertz CT molecular complexity index is 382. The van der Waals surface area contributed by atoms with Crippen molar-refractivity contribution in [2.24, 2.45) is 0 Å². The van der Waals surface area contributed by atoms with Gasteiger partial charge in [-0.2, -0.15) is 0 Å². The van der Waals surface area contributed by atoms with Gasteiger partial charge in [0.05, 0.1) is 0 Å². The van der Waals surface area contributed by atoms with E-state index in [-0.39, 0.29) is 18.7 Å². The summed E-state index contributed by atoms with van der Waals surface area (Å²) in [6.07, 6.45) is 0.0844. The lowest BCUT2D eigenvalue weighted by atomic mass is 10.2. The highest BCUT2D eigenvalue weighted by Crippen LogP contribution is 2.34. The summed E-state index contributed by atoms with van der Waals surface area (Å²) >= 11 is 0. The second-order valence-corrected chi connectivity index (χ2v) is 6.26. The SMILES string of the molecule is CC(=O)CCN1C(=O)C(C)(C)S1(=O)=O. The Hall–Kier alpha value is -0.910. The second kappa shape index (κ2) is 3.05. The number of hydrogen-bond donors (Lipinski definition) is 0. The average molecular weight is 219 g/mol. The van der Waals surface area contributed by atoms with Crippen molar-refractivity contribution in [2.45, 2.75) is 31.9 Å². The third-order valence-corrected chi connectivity index (χ3v) is 4.74. The minimum Gasteiger partial charge on any atom is -0.300 e. The van der Waals surface area contributed by atoms with Crippen molar-refractivity contribution in [1.82, 2.24) is 4.31 Å². The maximum atomic E-state index is 11.5. The molecule has 0 bridgehead atoms. The molecule has 1 aliphatic rings. The Labute approximate surface area is 83.1 Å². The highest BCUT2D eigenvalue weighted by Gasteiger charge is 2.59. The molecule has 1 aliphatic heterocycles. The minimum absolute atomic E-state index is 0.0278. The van der Waals surface area contributed by atoms with Gasteiger partial charge in [-0.3, -0.25) is 9.59 Å². The van der Waals surface area contributed by atoms with Crippen LogP contribution in [0.4, 0.5) is 0 Å². The van der Waals surface area contributed by atoms with Crippen molar-refractivity contribution in [3.63, 3.8) is 0 Å². The van der Waals surface area contributed by atoms with Crippen LogP contribution < -0.4 is 0 Å². The fourth-order valence-corrected chi connectivity index (χ4v) is 2.76. The van der Waals surface area contributed by atoms with Crippen molar-refractivity contribution in [3.05, 3.63) is 0 Å². The number of Topliss-reactive ketones (excluding diaryl/α,β-unsaturated/α-hetero) is 1. The predicted molar refractivity (Wildman–Crippen MR) is 50.0 cm³/mol. The Balaban J connectivity index is 2.77. The molecule has 80 valence electrons. The van der Waals surface area contributed by atoms with Crippen LogP contribution in [-0.4, -0.2) is 35.7 Å². The van der Waals surface area contributed by atoms with Crippen LogP contribution in [0.5, 0.6) is 0 Å². The van der Waals surface area contributed by atoms with Gasteiger partial charge in [0.25, 0.3) is 15.9 Å². The highest BCUT2D eigenvalue weighted by molar-refractivity contribution is 7.94. The number of ketones is 1. The first-order valence-electron chi connectivity index (χ1n) is 4.27. The maximum absolute atomic E-state index is 11.5. The molecule has 1 rings (SSSR count). The van der Waals surface area contributed by atoms with Gasteiger partial charge in [-0.25, -0.2) is 12.7 Å². The number of nitrogens with zero attached hydrogens (tertiary/aromatic N) is 1. The molecule has 0 spiro atoms. The quantitative estimate of drug-likeness (QED) is 0.665. The third-order valence-electron chi connectivity index (χ3n) is 2.34. The van der Waals surface area contributed by atoms with Crippen molar-refractivity contribution in [1.29, 1.82) is 0 Å². The van der Waals surface area contributed by atoms with E-state index in [1.54, 1.807) is 0 Å². The molecule has 0 aromatic heterocycles. The number of carbonyl (C=O) groups excluding carboxylic acids is 2. The van der Waals surface area contributed by atoms with Crippen molar-refractivity contribution in [3.8, 4) is 0 Å². The van der Waals surface area contributed by atoms with E-state index in [4.69, 9.17) is 0 Å². The van der Waals surface area contributed by atoms with Crippen LogP contribution >= 0.6 is 0 Å². The van der Waals surface area contributed by atoms with Crippen molar-refractivity contribution < 1.29 is 18.0 Å².